The molecule has 0 saturated carbocycles. The lowest BCUT2D eigenvalue weighted by Crippen LogP contribution is -2.13. The highest BCUT2D eigenvalue weighted by Crippen LogP contribution is 2.25. The molecule has 1 unspecified atom stereocenters. The lowest BCUT2D eigenvalue weighted by molar-refractivity contribution is 0.241. The number of para-hydroxylation sites is 1. The largest absolute Gasteiger partial charge is 0.493 e. The molecule has 0 aliphatic rings. The molecule has 0 fully saturated rings. The van der Waals surface area contributed by atoms with E-state index < -0.39 is 0 Å². The zero-order valence-electron chi connectivity index (χ0n) is 10.8. The first-order valence-electron chi connectivity index (χ1n) is 5.87. The van der Waals surface area contributed by atoms with Crippen LogP contribution in [0.4, 0.5) is 0 Å². The number of benzene rings is 1. The van der Waals surface area contributed by atoms with Gasteiger partial charge in [0.05, 0.1) is 6.61 Å². The van der Waals surface area contributed by atoms with Crippen molar-refractivity contribution in [3.05, 3.63) is 29.8 Å². The summed E-state index contributed by atoms with van der Waals surface area (Å²) in [4.78, 5) is 0. The van der Waals surface area contributed by atoms with Gasteiger partial charge in [0.25, 0.3) is 0 Å². The van der Waals surface area contributed by atoms with Crippen molar-refractivity contribution in [2.24, 2.45) is 11.1 Å². The Morgan fingerprint density at radius 3 is 2.44 bits per heavy atom. The molecule has 0 saturated heterocycles. The molecule has 2 N–H and O–H groups in total. The molecule has 2 nitrogen and oxygen atoms in total. The van der Waals surface area contributed by atoms with E-state index in [0.29, 0.717) is 5.41 Å². The number of nitrogens with two attached hydrogens (primary N) is 1. The fraction of sp³-hybridized carbons (Fsp3) is 0.571. The van der Waals surface area contributed by atoms with Crippen LogP contribution in [0.2, 0.25) is 0 Å². The highest BCUT2D eigenvalue weighted by molar-refractivity contribution is 5.35. The van der Waals surface area contributed by atoms with Crippen LogP contribution >= 0.6 is 0 Å². The Labute approximate surface area is 98.8 Å². The van der Waals surface area contributed by atoms with E-state index in [4.69, 9.17) is 10.5 Å². The van der Waals surface area contributed by atoms with Crippen molar-refractivity contribution in [3.8, 4) is 5.75 Å². The highest BCUT2D eigenvalue weighted by atomic mass is 16.5. The SMILES string of the molecule is CC(N)c1ccccc1OCCC(C)(C)C. The smallest absolute Gasteiger partial charge is 0.124 e. The van der Waals surface area contributed by atoms with Gasteiger partial charge in [-0.3, -0.25) is 0 Å². The third-order valence-electron chi connectivity index (χ3n) is 2.52. The van der Waals surface area contributed by atoms with Gasteiger partial charge in [0.15, 0.2) is 0 Å². The second-order valence-corrected chi connectivity index (χ2v) is 5.49. The molecule has 0 aliphatic heterocycles. The molecule has 16 heavy (non-hydrogen) atoms. The molecule has 90 valence electrons. The van der Waals surface area contributed by atoms with Crippen molar-refractivity contribution in [2.75, 3.05) is 6.61 Å². The van der Waals surface area contributed by atoms with Crippen LogP contribution in [0.5, 0.6) is 5.75 Å². The maximum Gasteiger partial charge on any atom is 0.124 e. The molecule has 1 atom stereocenters. The summed E-state index contributed by atoms with van der Waals surface area (Å²) in [6.45, 7) is 9.37. The van der Waals surface area contributed by atoms with Crippen LogP contribution < -0.4 is 10.5 Å². The summed E-state index contributed by atoms with van der Waals surface area (Å²) >= 11 is 0. The topological polar surface area (TPSA) is 35.2 Å². The number of rotatable bonds is 4. The lowest BCUT2D eigenvalue weighted by Gasteiger charge is -2.19. The summed E-state index contributed by atoms with van der Waals surface area (Å²) in [5.74, 6) is 0.918. The van der Waals surface area contributed by atoms with E-state index in [1.165, 1.54) is 0 Å². The van der Waals surface area contributed by atoms with E-state index in [2.05, 4.69) is 20.8 Å². The predicted octanol–water partition coefficient (Wildman–Crippen LogP) is 3.52. The minimum atomic E-state index is 0.0193. The Bertz CT molecular complexity index is 326. The normalized spacial score (nSPS) is 13.6. The van der Waals surface area contributed by atoms with Crippen molar-refractivity contribution in [2.45, 2.75) is 40.2 Å². The predicted molar refractivity (Wildman–Crippen MR) is 68.6 cm³/mol. The Morgan fingerprint density at radius 1 is 1.25 bits per heavy atom. The standard InChI is InChI=1S/C14H23NO/c1-11(15)12-7-5-6-8-13(12)16-10-9-14(2,3)4/h5-8,11H,9-10,15H2,1-4H3. The van der Waals surface area contributed by atoms with E-state index in [1.54, 1.807) is 0 Å². The van der Waals surface area contributed by atoms with Crippen LogP contribution in [0.3, 0.4) is 0 Å². The molecular weight excluding hydrogens is 198 g/mol. The van der Waals surface area contributed by atoms with Gasteiger partial charge in [0, 0.05) is 11.6 Å². The van der Waals surface area contributed by atoms with Gasteiger partial charge >= 0.3 is 0 Å². The average Bonchev–Trinajstić information content (AvgIpc) is 2.16. The molecule has 0 heterocycles. The fourth-order valence-corrected chi connectivity index (χ4v) is 1.46. The maximum atomic E-state index is 5.89. The summed E-state index contributed by atoms with van der Waals surface area (Å²) in [7, 11) is 0. The first kappa shape index (κ1) is 13.0. The Morgan fingerprint density at radius 2 is 1.88 bits per heavy atom. The summed E-state index contributed by atoms with van der Waals surface area (Å²) in [5.41, 5.74) is 7.28. The van der Waals surface area contributed by atoms with E-state index in [1.807, 2.05) is 31.2 Å². The molecule has 0 aromatic heterocycles. The van der Waals surface area contributed by atoms with E-state index in [-0.39, 0.29) is 6.04 Å². The molecule has 0 amide bonds. The Kier molecular flexibility index (Phi) is 4.36. The van der Waals surface area contributed by atoms with Crippen LogP contribution in [0.25, 0.3) is 0 Å². The second-order valence-electron chi connectivity index (χ2n) is 5.49. The first-order valence-corrected chi connectivity index (χ1v) is 5.87. The summed E-state index contributed by atoms with van der Waals surface area (Å²) in [5, 5.41) is 0. The lowest BCUT2D eigenvalue weighted by atomic mass is 9.93. The zero-order valence-corrected chi connectivity index (χ0v) is 10.8. The third kappa shape index (κ3) is 4.23. The van der Waals surface area contributed by atoms with Gasteiger partial charge in [0.2, 0.25) is 0 Å². The quantitative estimate of drug-likeness (QED) is 0.844. The molecule has 0 spiro atoms. The van der Waals surface area contributed by atoms with Gasteiger partial charge < -0.3 is 10.5 Å². The van der Waals surface area contributed by atoms with Crippen LogP contribution in [0, 0.1) is 5.41 Å². The van der Waals surface area contributed by atoms with Crippen molar-refractivity contribution in [1.82, 2.24) is 0 Å². The zero-order chi connectivity index (χ0) is 12.2. The monoisotopic (exact) mass is 221 g/mol. The van der Waals surface area contributed by atoms with Gasteiger partial charge in [-0.15, -0.1) is 0 Å². The van der Waals surface area contributed by atoms with Crippen LogP contribution in [0.1, 0.15) is 45.7 Å². The summed E-state index contributed by atoms with van der Waals surface area (Å²) < 4.78 is 5.79. The number of hydrogen-bond acceptors (Lipinski definition) is 2. The van der Waals surface area contributed by atoms with Crippen molar-refractivity contribution in [1.29, 1.82) is 0 Å². The highest BCUT2D eigenvalue weighted by Gasteiger charge is 2.11. The molecule has 2 heteroatoms. The van der Waals surface area contributed by atoms with Gasteiger partial charge in [0.1, 0.15) is 5.75 Å². The van der Waals surface area contributed by atoms with E-state index in [0.717, 1.165) is 24.3 Å². The third-order valence-corrected chi connectivity index (χ3v) is 2.52. The van der Waals surface area contributed by atoms with E-state index >= 15 is 0 Å². The minimum Gasteiger partial charge on any atom is -0.493 e. The number of hydrogen-bond donors (Lipinski definition) is 1. The molecular formula is C14H23NO. The maximum absolute atomic E-state index is 5.89. The van der Waals surface area contributed by atoms with Gasteiger partial charge in [-0.25, -0.2) is 0 Å². The fourth-order valence-electron chi connectivity index (χ4n) is 1.46. The van der Waals surface area contributed by atoms with Crippen LogP contribution in [-0.4, -0.2) is 6.61 Å². The van der Waals surface area contributed by atoms with Gasteiger partial charge in [-0.05, 0) is 24.8 Å². The van der Waals surface area contributed by atoms with Gasteiger partial charge in [-0.2, -0.15) is 0 Å². The van der Waals surface area contributed by atoms with Gasteiger partial charge in [-0.1, -0.05) is 39.0 Å². The summed E-state index contributed by atoms with van der Waals surface area (Å²) in [6, 6.07) is 8.01. The number of ether oxygens (including phenoxy) is 1. The van der Waals surface area contributed by atoms with Crippen molar-refractivity contribution in [3.63, 3.8) is 0 Å². The Balaban J connectivity index is 2.60. The molecule has 0 bridgehead atoms. The Hall–Kier alpha value is -1.02. The molecule has 0 radical (unpaired) electrons. The molecule has 0 aliphatic carbocycles. The second kappa shape index (κ2) is 5.35. The minimum absolute atomic E-state index is 0.0193. The first-order chi connectivity index (χ1) is 7.40. The molecule has 1 aromatic rings. The summed E-state index contributed by atoms with van der Waals surface area (Å²) in [6.07, 6.45) is 1.04. The van der Waals surface area contributed by atoms with Crippen molar-refractivity contribution < 1.29 is 4.74 Å². The van der Waals surface area contributed by atoms with E-state index in [9.17, 15) is 0 Å². The van der Waals surface area contributed by atoms with Crippen LogP contribution in [0.15, 0.2) is 24.3 Å². The molecule has 1 rings (SSSR count). The van der Waals surface area contributed by atoms with Crippen molar-refractivity contribution >= 4 is 0 Å². The van der Waals surface area contributed by atoms with Crippen LogP contribution in [-0.2, 0) is 0 Å². The molecule has 1 aromatic carbocycles. The average molecular weight is 221 g/mol.